The van der Waals surface area contributed by atoms with E-state index in [-0.39, 0.29) is 0 Å². The molecule has 0 unspecified atom stereocenters. The van der Waals surface area contributed by atoms with Gasteiger partial charge in [-0.1, -0.05) is 18.2 Å². The largest absolute Gasteiger partial charge is 0.479 e. The van der Waals surface area contributed by atoms with Crippen molar-refractivity contribution in [2.45, 2.75) is 6.92 Å². The molecule has 0 aliphatic carbocycles. The summed E-state index contributed by atoms with van der Waals surface area (Å²) in [6.45, 7) is 1.98. The van der Waals surface area contributed by atoms with Crippen LogP contribution in [0.4, 0.5) is 0 Å². The minimum atomic E-state index is 0.524. The summed E-state index contributed by atoms with van der Waals surface area (Å²) in [7, 11) is 1.60. The van der Waals surface area contributed by atoms with Crippen LogP contribution in [0.2, 0.25) is 0 Å². The number of ether oxygens (including phenoxy) is 1. The standard InChI is InChI=1S/C15H13N3O/c1-10-6-7-11-12(4-3-5-13(11)18-10)14-15(19-2)17-9-8-16-14/h3-9H,1-2H3. The van der Waals surface area contributed by atoms with E-state index in [1.54, 1.807) is 19.5 Å². The lowest BCUT2D eigenvalue weighted by atomic mass is 10.1. The Morgan fingerprint density at radius 2 is 1.84 bits per heavy atom. The van der Waals surface area contributed by atoms with E-state index in [4.69, 9.17) is 4.74 Å². The fraction of sp³-hybridized carbons (Fsp3) is 0.133. The molecule has 0 amide bonds. The lowest BCUT2D eigenvalue weighted by Crippen LogP contribution is -1.95. The van der Waals surface area contributed by atoms with Crippen molar-refractivity contribution >= 4 is 10.9 Å². The van der Waals surface area contributed by atoms with E-state index in [1.165, 1.54) is 0 Å². The van der Waals surface area contributed by atoms with Crippen LogP contribution in [-0.4, -0.2) is 22.1 Å². The van der Waals surface area contributed by atoms with Crippen LogP contribution in [0.25, 0.3) is 22.2 Å². The van der Waals surface area contributed by atoms with Crippen molar-refractivity contribution in [3.63, 3.8) is 0 Å². The zero-order chi connectivity index (χ0) is 13.2. The van der Waals surface area contributed by atoms with Crippen molar-refractivity contribution in [3.8, 4) is 17.1 Å². The van der Waals surface area contributed by atoms with E-state index in [2.05, 4.69) is 21.0 Å². The Morgan fingerprint density at radius 3 is 2.68 bits per heavy atom. The summed E-state index contributed by atoms with van der Waals surface area (Å²) >= 11 is 0. The Morgan fingerprint density at radius 1 is 1.00 bits per heavy atom. The fourth-order valence-electron chi connectivity index (χ4n) is 2.12. The summed E-state index contributed by atoms with van der Waals surface area (Å²) in [5.41, 5.74) is 3.66. The Hall–Kier alpha value is -2.49. The van der Waals surface area contributed by atoms with Crippen molar-refractivity contribution in [2.75, 3.05) is 7.11 Å². The molecular weight excluding hydrogens is 238 g/mol. The third kappa shape index (κ3) is 2.01. The van der Waals surface area contributed by atoms with Gasteiger partial charge < -0.3 is 4.74 Å². The van der Waals surface area contributed by atoms with Crippen LogP contribution < -0.4 is 4.74 Å². The molecule has 19 heavy (non-hydrogen) atoms. The van der Waals surface area contributed by atoms with E-state index in [0.29, 0.717) is 5.88 Å². The molecule has 0 N–H and O–H groups in total. The van der Waals surface area contributed by atoms with Crippen molar-refractivity contribution < 1.29 is 4.74 Å². The minimum Gasteiger partial charge on any atom is -0.479 e. The molecule has 2 heterocycles. The van der Waals surface area contributed by atoms with Gasteiger partial charge in [-0.3, -0.25) is 4.98 Å². The molecule has 0 atom stereocenters. The van der Waals surface area contributed by atoms with Gasteiger partial charge >= 0.3 is 0 Å². The molecule has 2 aromatic heterocycles. The van der Waals surface area contributed by atoms with E-state index >= 15 is 0 Å². The van der Waals surface area contributed by atoms with Gasteiger partial charge in [0.1, 0.15) is 5.69 Å². The highest BCUT2D eigenvalue weighted by molar-refractivity contribution is 5.94. The van der Waals surface area contributed by atoms with Gasteiger partial charge in [-0.25, -0.2) is 9.97 Å². The van der Waals surface area contributed by atoms with Crippen LogP contribution in [0.15, 0.2) is 42.7 Å². The third-order valence-electron chi connectivity index (χ3n) is 2.98. The average molecular weight is 251 g/mol. The quantitative estimate of drug-likeness (QED) is 0.702. The van der Waals surface area contributed by atoms with Gasteiger partial charge in [0.15, 0.2) is 0 Å². The molecule has 0 saturated carbocycles. The Balaban J connectivity index is 2.31. The number of rotatable bonds is 2. The monoisotopic (exact) mass is 251 g/mol. The second kappa shape index (κ2) is 4.65. The first-order valence-electron chi connectivity index (χ1n) is 6.01. The topological polar surface area (TPSA) is 47.9 Å². The average Bonchev–Trinajstić information content (AvgIpc) is 2.46. The number of hydrogen-bond donors (Lipinski definition) is 0. The number of methoxy groups -OCH3 is 1. The van der Waals surface area contributed by atoms with Gasteiger partial charge in [0.2, 0.25) is 5.88 Å². The highest BCUT2D eigenvalue weighted by Gasteiger charge is 2.11. The zero-order valence-electron chi connectivity index (χ0n) is 10.8. The predicted octanol–water partition coefficient (Wildman–Crippen LogP) is 3.01. The van der Waals surface area contributed by atoms with Crippen molar-refractivity contribution in [1.82, 2.24) is 15.0 Å². The molecule has 3 aromatic rings. The van der Waals surface area contributed by atoms with Gasteiger partial charge in [0.25, 0.3) is 0 Å². The first kappa shape index (κ1) is 11.6. The number of aryl methyl sites for hydroxylation is 1. The van der Waals surface area contributed by atoms with Gasteiger partial charge in [0.05, 0.1) is 12.6 Å². The summed E-state index contributed by atoms with van der Waals surface area (Å²) in [4.78, 5) is 13.1. The lowest BCUT2D eigenvalue weighted by Gasteiger charge is -2.09. The maximum absolute atomic E-state index is 5.28. The Labute approximate surface area is 111 Å². The van der Waals surface area contributed by atoms with Gasteiger partial charge in [-0.05, 0) is 19.1 Å². The Bertz CT molecular complexity index is 740. The summed E-state index contributed by atoms with van der Waals surface area (Å²) in [6, 6.07) is 10.0. The number of aromatic nitrogens is 3. The second-order valence-electron chi connectivity index (χ2n) is 4.24. The van der Waals surface area contributed by atoms with Crippen LogP contribution in [0, 0.1) is 6.92 Å². The van der Waals surface area contributed by atoms with Gasteiger partial charge in [-0.2, -0.15) is 0 Å². The molecule has 4 heteroatoms. The molecule has 0 saturated heterocycles. The fourth-order valence-corrected chi connectivity index (χ4v) is 2.12. The molecule has 0 aliphatic rings. The van der Waals surface area contributed by atoms with E-state index < -0.39 is 0 Å². The van der Waals surface area contributed by atoms with E-state index in [9.17, 15) is 0 Å². The van der Waals surface area contributed by atoms with Crippen molar-refractivity contribution in [2.24, 2.45) is 0 Å². The lowest BCUT2D eigenvalue weighted by molar-refractivity contribution is 0.398. The molecule has 94 valence electrons. The van der Waals surface area contributed by atoms with Crippen LogP contribution in [0.3, 0.4) is 0 Å². The number of benzene rings is 1. The van der Waals surface area contributed by atoms with E-state index in [0.717, 1.165) is 27.9 Å². The summed E-state index contributed by atoms with van der Waals surface area (Å²) in [6.07, 6.45) is 3.29. The molecule has 0 radical (unpaired) electrons. The normalized spacial score (nSPS) is 10.6. The smallest absolute Gasteiger partial charge is 0.240 e. The maximum atomic E-state index is 5.28. The summed E-state index contributed by atoms with van der Waals surface area (Å²) < 4.78 is 5.28. The number of hydrogen-bond acceptors (Lipinski definition) is 4. The van der Waals surface area contributed by atoms with Gasteiger partial charge in [-0.15, -0.1) is 0 Å². The number of pyridine rings is 1. The SMILES string of the molecule is COc1nccnc1-c1cccc2nc(C)ccc12. The Kier molecular flexibility index (Phi) is 2.83. The highest BCUT2D eigenvalue weighted by atomic mass is 16.5. The van der Waals surface area contributed by atoms with Crippen LogP contribution in [0.5, 0.6) is 5.88 Å². The summed E-state index contributed by atoms with van der Waals surface area (Å²) in [5, 5.41) is 1.05. The molecule has 0 spiro atoms. The maximum Gasteiger partial charge on any atom is 0.240 e. The third-order valence-corrected chi connectivity index (χ3v) is 2.98. The minimum absolute atomic E-state index is 0.524. The first-order valence-corrected chi connectivity index (χ1v) is 6.01. The highest BCUT2D eigenvalue weighted by Crippen LogP contribution is 2.31. The predicted molar refractivity (Wildman–Crippen MR) is 74.1 cm³/mol. The molecule has 3 rings (SSSR count). The number of nitrogens with zero attached hydrogens (tertiary/aromatic N) is 3. The number of fused-ring (bicyclic) bond motifs is 1. The molecular formula is C15H13N3O. The molecule has 0 fully saturated rings. The summed E-state index contributed by atoms with van der Waals surface area (Å²) in [5.74, 6) is 0.524. The molecule has 0 aliphatic heterocycles. The molecule has 0 bridgehead atoms. The van der Waals surface area contributed by atoms with Gasteiger partial charge in [0, 0.05) is 29.0 Å². The van der Waals surface area contributed by atoms with Crippen LogP contribution >= 0.6 is 0 Å². The first-order chi connectivity index (χ1) is 9.29. The zero-order valence-corrected chi connectivity index (χ0v) is 10.8. The second-order valence-corrected chi connectivity index (χ2v) is 4.24. The van der Waals surface area contributed by atoms with Crippen molar-refractivity contribution in [1.29, 1.82) is 0 Å². The van der Waals surface area contributed by atoms with E-state index in [1.807, 2.05) is 31.2 Å². The van der Waals surface area contributed by atoms with Crippen LogP contribution in [0.1, 0.15) is 5.69 Å². The van der Waals surface area contributed by atoms with Crippen LogP contribution in [-0.2, 0) is 0 Å². The molecule has 1 aromatic carbocycles. The van der Waals surface area contributed by atoms with Crippen molar-refractivity contribution in [3.05, 3.63) is 48.4 Å². The molecule has 4 nitrogen and oxygen atoms in total.